The minimum absolute atomic E-state index is 0.185. The minimum atomic E-state index is -2.88. The van der Waals surface area contributed by atoms with E-state index in [2.05, 4.69) is 5.10 Å². The fourth-order valence-corrected chi connectivity index (χ4v) is 1.85. The van der Waals surface area contributed by atoms with Crippen LogP contribution in [0.25, 0.3) is 0 Å². The van der Waals surface area contributed by atoms with Crippen molar-refractivity contribution in [3.8, 4) is 0 Å². The number of hydrogen-bond donors (Lipinski definition) is 1. The normalized spacial score (nSPS) is 12.2. The number of hydrogen-bond acceptors (Lipinski definition) is 5. The minimum Gasteiger partial charge on any atom is -0.382 e. The van der Waals surface area contributed by atoms with E-state index in [0.717, 1.165) is 6.54 Å². The van der Waals surface area contributed by atoms with Crippen LogP contribution in [0.1, 0.15) is 0 Å². The molecule has 0 fully saturated rings. The van der Waals surface area contributed by atoms with Gasteiger partial charge in [-0.05, 0) is 13.1 Å². The summed E-state index contributed by atoms with van der Waals surface area (Å²) in [5, 5.41) is 4.04. The monoisotopic (exact) mass is 246 g/mol. The van der Waals surface area contributed by atoms with Gasteiger partial charge in [-0.1, -0.05) is 0 Å². The zero-order valence-electron chi connectivity index (χ0n) is 9.63. The van der Waals surface area contributed by atoms with E-state index in [0.29, 0.717) is 18.9 Å². The van der Waals surface area contributed by atoms with E-state index in [-0.39, 0.29) is 5.75 Å². The van der Waals surface area contributed by atoms with E-state index >= 15 is 0 Å². The first kappa shape index (κ1) is 13.0. The molecule has 0 atom stereocenters. The lowest BCUT2D eigenvalue weighted by molar-refractivity contribution is 0.329. The summed E-state index contributed by atoms with van der Waals surface area (Å²) in [6.07, 6.45) is 3.05. The van der Waals surface area contributed by atoms with Crippen LogP contribution in [0.4, 0.5) is 5.82 Å². The van der Waals surface area contributed by atoms with Gasteiger partial charge in [-0.25, -0.2) is 8.42 Å². The summed E-state index contributed by atoms with van der Waals surface area (Å²) in [5.41, 5.74) is 5.48. The lowest BCUT2D eigenvalue weighted by Gasteiger charge is -2.15. The molecule has 16 heavy (non-hydrogen) atoms. The van der Waals surface area contributed by atoms with Gasteiger partial charge >= 0.3 is 0 Å². The van der Waals surface area contributed by atoms with Crippen molar-refractivity contribution in [2.75, 3.05) is 37.9 Å². The van der Waals surface area contributed by atoms with Gasteiger partial charge in [-0.3, -0.25) is 4.68 Å². The molecule has 0 aliphatic rings. The number of sulfone groups is 1. The van der Waals surface area contributed by atoms with Crippen LogP contribution in [0.15, 0.2) is 12.3 Å². The second-order valence-corrected chi connectivity index (χ2v) is 6.20. The van der Waals surface area contributed by atoms with Crippen LogP contribution in [0, 0.1) is 0 Å². The summed E-state index contributed by atoms with van der Waals surface area (Å²) < 4.78 is 23.6. The molecule has 0 saturated carbocycles. The summed E-state index contributed by atoms with van der Waals surface area (Å²) >= 11 is 0. The van der Waals surface area contributed by atoms with E-state index < -0.39 is 9.84 Å². The van der Waals surface area contributed by atoms with Crippen molar-refractivity contribution in [2.45, 2.75) is 6.54 Å². The Bertz CT molecular complexity index is 426. The standard InChI is InChI=1S/C9H18N4O2S/c1-12(7-8-16(2,14)15)5-6-13-4-3-9(10)11-13/h3-4H,5-8H2,1-2H3,(H2,10,11). The van der Waals surface area contributed by atoms with E-state index in [1.54, 1.807) is 16.9 Å². The van der Waals surface area contributed by atoms with Crippen LogP contribution in [-0.2, 0) is 16.4 Å². The molecule has 1 aromatic rings. The molecular formula is C9H18N4O2S. The molecule has 7 heteroatoms. The molecule has 92 valence electrons. The molecule has 0 saturated heterocycles. The maximum absolute atomic E-state index is 11.0. The third-order valence-electron chi connectivity index (χ3n) is 2.22. The average molecular weight is 246 g/mol. The molecule has 6 nitrogen and oxygen atoms in total. The maximum Gasteiger partial charge on any atom is 0.148 e. The van der Waals surface area contributed by atoms with Crippen LogP contribution in [-0.4, -0.2) is 55.2 Å². The molecule has 2 N–H and O–H groups in total. The topological polar surface area (TPSA) is 81.2 Å². The van der Waals surface area contributed by atoms with Crippen LogP contribution in [0.2, 0.25) is 0 Å². The summed E-state index contributed by atoms with van der Waals surface area (Å²) in [5.74, 6) is 0.684. The molecule has 1 rings (SSSR count). The van der Waals surface area contributed by atoms with Crippen molar-refractivity contribution in [1.29, 1.82) is 0 Å². The first-order valence-corrected chi connectivity index (χ1v) is 7.08. The second kappa shape index (κ2) is 5.31. The van der Waals surface area contributed by atoms with Crippen molar-refractivity contribution in [2.24, 2.45) is 0 Å². The largest absolute Gasteiger partial charge is 0.382 e. The molecule has 0 radical (unpaired) electrons. The van der Waals surface area contributed by atoms with Gasteiger partial charge in [0.15, 0.2) is 0 Å². The van der Waals surface area contributed by atoms with E-state index in [1.165, 1.54) is 6.26 Å². The lowest BCUT2D eigenvalue weighted by Crippen LogP contribution is -2.28. The molecule has 0 unspecified atom stereocenters. The highest BCUT2D eigenvalue weighted by Crippen LogP contribution is 1.96. The first-order valence-electron chi connectivity index (χ1n) is 5.02. The van der Waals surface area contributed by atoms with Gasteiger partial charge < -0.3 is 10.6 Å². The Morgan fingerprint density at radius 2 is 2.19 bits per heavy atom. The number of anilines is 1. The summed E-state index contributed by atoms with van der Waals surface area (Å²) in [7, 11) is -0.995. The Balaban J connectivity index is 2.28. The third kappa shape index (κ3) is 5.13. The summed E-state index contributed by atoms with van der Waals surface area (Å²) in [6, 6.07) is 1.73. The molecule has 0 amide bonds. The number of aromatic nitrogens is 2. The number of rotatable bonds is 6. The maximum atomic E-state index is 11.0. The zero-order valence-corrected chi connectivity index (χ0v) is 10.4. The fourth-order valence-electron chi connectivity index (χ4n) is 1.21. The third-order valence-corrected chi connectivity index (χ3v) is 3.14. The second-order valence-electron chi connectivity index (χ2n) is 3.94. The first-order chi connectivity index (χ1) is 7.37. The van der Waals surface area contributed by atoms with Gasteiger partial charge in [-0.2, -0.15) is 5.10 Å². The van der Waals surface area contributed by atoms with Gasteiger partial charge in [0.2, 0.25) is 0 Å². The van der Waals surface area contributed by atoms with Crippen molar-refractivity contribution in [3.05, 3.63) is 12.3 Å². The van der Waals surface area contributed by atoms with Gasteiger partial charge in [0.1, 0.15) is 15.7 Å². The average Bonchev–Trinajstić information content (AvgIpc) is 2.57. The fraction of sp³-hybridized carbons (Fsp3) is 0.667. The van der Waals surface area contributed by atoms with Crippen molar-refractivity contribution in [1.82, 2.24) is 14.7 Å². The SMILES string of the molecule is CN(CCn1ccc(N)n1)CCS(C)(=O)=O. The van der Waals surface area contributed by atoms with Gasteiger partial charge in [-0.15, -0.1) is 0 Å². The summed E-state index contributed by atoms with van der Waals surface area (Å²) in [6.45, 7) is 1.99. The molecular weight excluding hydrogens is 228 g/mol. The van der Waals surface area contributed by atoms with Crippen molar-refractivity contribution >= 4 is 15.7 Å². The Kier molecular flexibility index (Phi) is 4.31. The molecule has 0 bridgehead atoms. The highest BCUT2D eigenvalue weighted by Gasteiger charge is 2.05. The predicted octanol–water partition coefficient (Wildman–Crippen LogP) is -0.558. The number of nitrogens with two attached hydrogens (primary N) is 1. The molecule has 0 spiro atoms. The quantitative estimate of drug-likeness (QED) is 0.728. The highest BCUT2D eigenvalue weighted by molar-refractivity contribution is 7.90. The predicted molar refractivity (Wildman–Crippen MR) is 63.8 cm³/mol. The Labute approximate surface area is 96.0 Å². The zero-order chi connectivity index (χ0) is 12.2. The number of nitrogen functional groups attached to an aromatic ring is 1. The van der Waals surface area contributed by atoms with Crippen LogP contribution in [0.3, 0.4) is 0 Å². The molecule has 1 aromatic heterocycles. The Morgan fingerprint density at radius 1 is 1.50 bits per heavy atom. The summed E-state index contributed by atoms with van der Waals surface area (Å²) in [4.78, 5) is 1.96. The van der Waals surface area contributed by atoms with E-state index in [9.17, 15) is 8.42 Å². The smallest absolute Gasteiger partial charge is 0.148 e. The molecule has 0 aliphatic heterocycles. The van der Waals surface area contributed by atoms with Crippen molar-refractivity contribution < 1.29 is 8.42 Å². The van der Waals surface area contributed by atoms with Gasteiger partial charge in [0.05, 0.1) is 12.3 Å². The van der Waals surface area contributed by atoms with Crippen LogP contribution < -0.4 is 5.73 Å². The Morgan fingerprint density at radius 3 is 2.69 bits per heavy atom. The van der Waals surface area contributed by atoms with E-state index in [4.69, 9.17) is 5.73 Å². The Hall–Kier alpha value is -1.08. The van der Waals surface area contributed by atoms with Crippen LogP contribution >= 0.6 is 0 Å². The van der Waals surface area contributed by atoms with Crippen molar-refractivity contribution in [3.63, 3.8) is 0 Å². The number of nitrogens with zero attached hydrogens (tertiary/aromatic N) is 3. The van der Waals surface area contributed by atoms with Gasteiger partial charge in [0, 0.05) is 25.5 Å². The molecule has 1 heterocycles. The molecule has 0 aliphatic carbocycles. The number of likely N-dealkylation sites (N-methyl/N-ethyl adjacent to an activating group) is 1. The lowest BCUT2D eigenvalue weighted by atomic mass is 10.5. The highest BCUT2D eigenvalue weighted by atomic mass is 32.2. The van der Waals surface area contributed by atoms with E-state index in [1.807, 2.05) is 11.9 Å². The molecule has 0 aromatic carbocycles. The van der Waals surface area contributed by atoms with Gasteiger partial charge in [0.25, 0.3) is 0 Å². The van der Waals surface area contributed by atoms with Crippen LogP contribution in [0.5, 0.6) is 0 Å².